The summed E-state index contributed by atoms with van der Waals surface area (Å²) in [6.45, 7) is 4.16. The summed E-state index contributed by atoms with van der Waals surface area (Å²) < 4.78 is 0. The number of carbonyl (C=O) groups is 1. The van der Waals surface area contributed by atoms with Crippen molar-refractivity contribution >= 4 is 16.8 Å². The van der Waals surface area contributed by atoms with Crippen LogP contribution in [-0.2, 0) is 4.79 Å². The summed E-state index contributed by atoms with van der Waals surface area (Å²) in [5.74, 6) is 0.367. The monoisotopic (exact) mass is 240 g/mol. The maximum absolute atomic E-state index is 11.6. The van der Waals surface area contributed by atoms with Gasteiger partial charge in [-0.25, -0.2) is 0 Å². The SMILES string of the molecule is CC1(C)NC(=O)CC1c1ccc2ncccc2c1. The third-order valence-corrected chi connectivity index (χ3v) is 3.75. The smallest absolute Gasteiger partial charge is 0.221 e. The second-order valence-electron chi connectivity index (χ2n) is 5.48. The number of hydrogen-bond acceptors (Lipinski definition) is 2. The fraction of sp³-hybridized carbons (Fsp3) is 0.333. The van der Waals surface area contributed by atoms with Crippen LogP contribution in [0.15, 0.2) is 36.5 Å². The van der Waals surface area contributed by atoms with Crippen molar-refractivity contribution in [2.75, 3.05) is 0 Å². The molecule has 1 fully saturated rings. The van der Waals surface area contributed by atoms with Crippen LogP contribution in [0.5, 0.6) is 0 Å². The van der Waals surface area contributed by atoms with E-state index in [1.54, 1.807) is 6.20 Å². The second kappa shape index (κ2) is 3.80. The summed E-state index contributed by atoms with van der Waals surface area (Å²) in [4.78, 5) is 15.9. The summed E-state index contributed by atoms with van der Waals surface area (Å²) in [6.07, 6.45) is 2.37. The van der Waals surface area contributed by atoms with Gasteiger partial charge in [0, 0.05) is 29.5 Å². The minimum atomic E-state index is -0.174. The zero-order valence-electron chi connectivity index (χ0n) is 10.6. The maximum Gasteiger partial charge on any atom is 0.221 e. The molecule has 1 aromatic carbocycles. The van der Waals surface area contributed by atoms with E-state index in [4.69, 9.17) is 0 Å². The molecule has 1 aromatic heterocycles. The molecule has 92 valence electrons. The first-order valence-electron chi connectivity index (χ1n) is 6.22. The number of aromatic nitrogens is 1. The zero-order valence-corrected chi connectivity index (χ0v) is 10.6. The Kier molecular flexibility index (Phi) is 2.37. The topological polar surface area (TPSA) is 42.0 Å². The van der Waals surface area contributed by atoms with Crippen LogP contribution in [0.3, 0.4) is 0 Å². The van der Waals surface area contributed by atoms with E-state index in [9.17, 15) is 4.79 Å². The molecule has 1 saturated heterocycles. The molecule has 1 aliphatic heterocycles. The lowest BCUT2D eigenvalue weighted by Gasteiger charge is -2.26. The average Bonchev–Trinajstić information content (AvgIpc) is 2.62. The number of carbonyl (C=O) groups excluding carboxylic acids is 1. The molecule has 1 aliphatic rings. The normalized spacial score (nSPS) is 22.1. The van der Waals surface area contributed by atoms with Gasteiger partial charge >= 0.3 is 0 Å². The number of amides is 1. The molecule has 1 unspecified atom stereocenters. The molecule has 3 heteroatoms. The number of pyridine rings is 1. The molecule has 18 heavy (non-hydrogen) atoms. The highest BCUT2D eigenvalue weighted by Crippen LogP contribution is 2.36. The van der Waals surface area contributed by atoms with Gasteiger partial charge in [0.15, 0.2) is 0 Å². The van der Waals surface area contributed by atoms with E-state index in [0.717, 1.165) is 10.9 Å². The third-order valence-electron chi connectivity index (χ3n) is 3.75. The Labute approximate surface area is 106 Å². The molecule has 0 bridgehead atoms. The van der Waals surface area contributed by atoms with Gasteiger partial charge in [0.25, 0.3) is 0 Å². The molecular formula is C15H16N2O. The van der Waals surface area contributed by atoms with Crippen LogP contribution >= 0.6 is 0 Å². The molecule has 0 spiro atoms. The van der Waals surface area contributed by atoms with Gasteiger partial charge in [0.1, 0.15) is 0 Å². The fourth-order valence-corrected chi connectivity index (χ4v) is 2.78. The van der Waals surface area contributed by atoms with Crippen LogP contribution in [0.2, 0.25) is 0 Å². The lowest BCUT2D eigenvalue weighted by molar-refractivity contribution is -0.119. The Morgan fingerprint density at radius 1 is 1.33 bits per heavy atom. The number of rotatable bonds is 1. The van der Waals surface area contributed by atoms with Crippen molar-refractivity contribution in [3.63, 3.8) is 0 Å². The largest absolute Gasteiger partial charge is 0.351 e. The molecule has 1 amide bonds. The molecule has 3 rings (SSSR count). The minimum Gasteiger partial charge on any atom is -0.351 e. The van der Waals surface area contributed by atoms with Crippen LogP contribution in [0, 0.1) is 0 Å². The number of hydrogen-bond donors (Lipinski definition) is 1. The summed E-state index contributed by atoms with van der Waals surface area (Å²) >= 11 is 0. The molecule has 0 radical (unpaired) electrons. The van der Waals surface area contributed by atoms with Gasteiger partial charge in [0.05, 0.1) is 5.52 Å². The first-order chi connectivity index (χ1) is 8.56. The van der Waals surface area contributed by atoms with E-state index < -0.39 is 0 Å². The lowest BCUT2D eigenvalue weighted by atomic mass is 9.83. The maximum atomic E-state index is 11.6. The zero-order chi connectivity index (χ0) is 12.8. The molecule has 0 aliphatic carbocycles. The van der Waals surface area contributed by atoms with Crippen LogP contribution < -0.4 is 5.32 Å². The van der Waals surface area contributed by atoms with Gasteiger partial charge in [-0.3, -0.25) is 9.78 Å². The highest BCUT2D eigenvalue weighted by molar-refractivity contribution is 5.83. The van der Waals surface area contributed by atoms with Crippen molar-refractivity contribution in [2.24, 2.45) is 0 Å². The summed E-state index contributed by atoms with van der Waals surface area (Å²) in [6, 6.07) is 10.3. The van der Waals surface area contributed by atoms with E-state index in [2.05, 4.69) is 42.3 Å². The summed E-state index contributed by atoms with van der Waals surface area (Å²) in [5, 5.41) is 4.16. The van der Waals surface area contributed by atoms with E-state index in [1.807, 2.05) is 12.1 Å². The van der Waals surface area contributed by atoms with Crippen LogP contribution in [0.25, 0.3) is 10.9 Å². The molecule has 2 aromatic rings. The number of nitrogens with zero attached hydrogens (tertiary/aromatic N) is 1. The van der Waals surface area contributed by atoms with Crippen molar-refractivity contribution in [1.29, 1.82) is 0 Å². The van der Waals surface area contributed by atoms with Crippen molar-refractivity contribution in [3.8, 4) is 0 Å². The van der Waals surface area contributed by atoms with Gasteiger partial charge in [-0.2, -0.15) is 0 Å². The highest BCUT2D eigenvalue weighted by Gasteiger charge is 2.39. The molecule has 2 heterocycles. The highest BCUT2D eigenvalue weighted by atomic mass is 16.2. The van der Waals surface area contributed by atoms with Gasteiger partial charge in [-0.05, 0) is 37.6 Å². The number of benzene rings is 1. The second-order valence-corrected chi connectivity index (χ2v) is 5.48. The Hall–Kier alpha value is -1.90. The van der Waals surface area contributed by atoms with Crippen molar-refractivity contribution in [1.82, 2.24) is 10.3 Å². The van der Waals surface area contributed by atoms with Gasteiger partial charge in [0.2, 0.25) is 5.91 Å². The van der Waals surface area contributed by atoms with Gasteiger partial charge in [-0.15, -0.1) is 0 Å². The van der Waals surface area contributed by atoms with E-state index in [0.29, 0.717) is 6.42 Å². The molecule has 1 atom stereocenters. The Morgan fingerprint density at radius 2 is 2.17 bits per heavy atom. The van der Waals surface area contributed by atoms with E-state index >= 15 is 0 Å². The lowest BCUT2D eigenvalue weighted by Crippen LogP contribution is -2.38. The van der Waals surface area contributed by atoms with Crippen LogP contribution in [-0.4, -0.2) is 16.4 Å². The van der Waals surface area contributed by atoms with Crippen molar-refractivity contribution in [2.45, 2.75) is 31.7 Å². The van der Waals surface area contributed by atoms with E-state index in [-0.39, 0.29) is 17.4 Å². The predicted molar refractivity (Wildman–Crippen MR) is 71.3 cm³/mol. The molecule has 0 saturated carbocycles. The minimum absolute atomic E-state index is 0.135. The third kappa shape index (κ3) is 1.76. The van der Waals surface area contributed by atoms with Gasteiger partial charge < -0.3 is 5.32 Å². The fourth-order valence-electron chi connectivity index (χ4n) is 2.78. The molecule has 1 N–H and O–H groups in total. The Bertz CT molecular complexity index is 619. The Morgan fingerprint density at radius 3 is 2.89 bits per heavy atom. The first kappa shape index (κ1) is 11.2. The molecular weight excluding hydrogens is 224 g/mol. The van der Waals surface area contributed by atoms with Gasteiger partial charge in [-0.1, -0.05) is 12.1 Å². The summed E-state index contributed by atoms with van der Waals surface area (Å²) in [7, 11) is 0. The molecule has 3 nitrogen and oxygen atoms in total. The number of nitrogens with one attached hydrogen (secondary N) is 1. The van der Waals surface area contributed by atoms with Crippen LogP contribution in [0.1, 0.15) is 31.7 Å². The summed E-state index contributed by atoms with van der Waals surface area (Å²) in [5.41, 5.74) is 2.03. The number of fused-ring (bicyclic) bond motifs is 1. The van der Waals surface area contributed by atoms with Crippen molar-refractivity contribution in [3.05, 3.63) is 42.1 Å². The predicted octanol–water partition coefficient (Wildman–Crippen LogP) is 2.62. The first-order valence-corrected chi connectivity index (χ1v) is 6.22. The van der Waals surface area contributed by atoms with E-state index in [1.165, 1.54) is 5.56 Å². The quantitative estimate of drug-likeness (QED) is 0.832. The average molecular weight is 240 g/mol. The van der Waals surface area contributed by atoms with Crippen LogP contribution in [0.4, 0.5) is 0 Å². The Balaban J connectivity index is 2.07. The van der Waals surface area contributed by atoms with Crippen molar-refractivity contribution < 1.29 is 4.79 Å². The standard InChI is InChI=1S/C15H16N2O/c1-15(2)12(9-14(18)17-15)10-5-6-13-11(8-10)4-3-7-16-13/h3-8,12H,9H2,1-2H3,(H,17,18).